The van der Waals surface area contributed by atoms with E-state index in [9.17, 15) is 5.11 Å². The summed E-state index contributed by atoms with van der Waals surface area (Å²) in [4.78, 5) is 0. The maximum absolute atomic E-state index is 9.69. The van der Waals surface area contributed by atoms with Gasteiger partial charge in [0.2, 0.25) is 0 Å². The average Bonchev–Trinajstić information content (AvgIpc) is 2.13. The molecular weight excluding hydrogens is 251 g/mol. The van der Waals surface area contributed by atoms with Gasteiger partial charge in [0.25, 0.3) is 0 Å². The summed E-state index contributed by atoms with van der Waals surface area (Å²) in [6.45, 7) is 4.29. The number of hydrogen-bond acceptors (Lipinski definition) is 4. The lowest BCUT2D eigenvalue weighted by Crippen LogP contribution is -2.62. The topological polar surface area (TPSA) is 67.5 Å². The van der Waals surface area contributed by atoms with Gasteiger partial charge in [-0.05, 0) is 39.3 Å². The zero-order valence-electron chi connectivity index (χ0n) is 9.57. The first-order chi connectivity index (χ1) is 6.54. The van der Waals surface area contributed by atoms with Crippen molar-refractivity contribution >= 4 is 24.8 Å². The van der Waals surface area contributed by atoms with Crippen LogP contribution in [-0.2, 0) is 4.74 Å². The van der Waals surface area contributed by atoms with Crippen LogP contribution in [-0.4, -0.2) is 42.0 Å². The number of nitrogens with two attached hydrogens (primary N) is 1. The van der Waals surface area contributed by atoms with Gasteiger partial charge in [0.15, 0.2) is 0 Å². The minimum Gasteiger partial charge on any atom is -0.389 e. The molecule has 2 atom stereocenters. The van der Waals surface area contributed by atoms with E-state index < -0.39 is 11.6 Å². The molecule has 0 aromatic carbocycles. The SMILES string of the molecule is C[C@]1(N)CC2(CCNCC2)OC[C@@H]1O.Cl.Cl. The summed E-state index contributed by atoms with van der Waals surface area (Å²) in [5, 5.41) is 13.0. The number of rotatable bonds is 0. The van der Waals surface area contributed by atoms with Crippen LogP contribution < -0.4 is 11.1 Å². The molecule has 2 fully saturated rings. The molecule has 4 nitrogen and oxygen atoms in total. The van der Waals surface area contributed by atoms with E-state index in [0.717, 1.165) is 32.4 Å². The molecule has 2 heterocycles. The van der Waals surface area contributed by atoms with Crippen LogP contribution in [0.1, 0.15) is 26.2 Å². The fraction of sp³-hybridized carbons (Fsp3) is 1.00. The van der Waals surface area contributed by atoms with Gasteiger partial charge in [-0.1, -0.05) is 0 Å². The van der Waals surface area contributed by atoms with Crippen molar-refractivity contribution in [3.05, 3.63) is 0 Å². The Labute approximate surface area is 109 Å². The Balaban J connectivity index is 0.00000112. The Morgan fingerprint density at radius 2 is 1.88 bits per heavy atom. The van der Waals surface area contributed by atoms with Crippen molar-refractivity contribution in [1.82, 2.24) is 5.32 Å². The van der Waals surface area contributed by atoms with Crippen LogP contribution in [0.4, 0.5) is 0 Å². The smallest absolute Gasteiger partial charge is 0.0951 e. The lowest BCUT2D eigenvalue weighted by molar-refractivity contribution is -0.164. The molecule has 4 N–H and O–H groups in total. The number of nitrogens with one attached hydrogen (secondary N) is 1. The van der Waals surface area contributed by atoms with Crippen LogP contribution >= 0.6 is 24.8 Å². The van der Waals surface area contributed by atoms with Crippen LogP contribution in [0.2, 0.25) is 0 Å². The molecule has 0 bridgehead atoms. The van der Waals surface area contributed by atoms with Crippen molar-refractivity contribution < 1.29 is 9.84 Å². The summed E-state index contributed by atoms with van der Waals surface area (Å²) in [7, 11) is 0. The summed E-state index contributed by atoms with van der Waals surface area (Å²) < 4.78 is 5.78. The number of piperidine rings is 1. The molecule has 0 unspecified atom stereocenters. The second-order valence-electron chi connectivity index (χ2n) is 4.94. The molecule has 0 aliphatic carbocycles. The van der Waals surface area contributed by atoms with Gasteiger partial charge in [-0.3, -0.25) is 0 Å². The predicted octanol–water partition coefficient (Wildman–Crippen LogP) is 0.451. The lowest BCUT2D eigenvalue weighted by atomic mass is 9.75. The lowest BCUT2D eigenvalue weighted by Gasteiger charge is -2.49. The minimum absolute atomic E-state index is 0. The quantitative estimate of drug-likeness (QED) is 0.599. The molecule has 16 heavy (non-hydrogen) atoms. The van der Waals surface area contributed by atoms with Gasteiger partial charge < -0.3 is 20.9 Å². The molecule has 2 aliphatic rings. The van der Waals surface area contributed by atoms with Crippen LogP contribution in [0.3, 0.4) is 0 Å². The molecule has 0 saturated carbocycles. The van der Waals surface area contributed by atoms with Crippen molar-refractivity contribution in [1.29, 1.82) is 0 Å². The number of aliphatic hydroxyl groups excluding tert-OH is 1. The first-order valence-electron chi connectivity index (χ1n) is 5.36. The molecule has 0 aromatic heterocycles. The number of hydrogen-bond donors (Lipinski definition) is 3. The van der Waals surface area contributed by atoms with Gasteiger partial charge in [-0.25, -0.2) is 0 Å². The molecule has 2 rings (SSSR count). The molecule has 0 radical (unpaired) electrons. The third-order valence-electron chi connectivity index (χ3n) is 3.53. The van der Waals surface area contributed by atoms with Gasteiger partial charge in [0.1, 0.15) is 0 Å². The summed E-state index contributed by atoms with van der Waals surface area (Å²) in [6.07, 6.45) is 2.25. The summed E-state index contributed by atoms with van der Waals surface area (Å²) >= 11 is 0. The van der Waals surface area contributed by atoms with Gasteiger partial charge in [0.05, 0.1) is 18.3 Å². The van der Waals surface area contributed by atoms with Gasteiger partial charge >= 0.3 is 0 Å². The summed E-state index contributed by atoms with van der Waals surface area (Å²) in [5.41, 5.74) is 5.51. The fourth-order valence-electron chi connectivity index (χ4n) is 2.51. The molecule has 1 spiro atoms. The highest BCUT2D eigenvalue weighted by Gasteiger charge is 2.46. The maximum atomic E-state index is 9.69. The summed E-state index contributed by atoms with van der Waals surface area (Å²) in [6, 6.07) is 0. The number of aliphatic hydroxyl groups is 1. The Morgan fingerprint density at radius 1 is 1.31 bits per heavy atom. The van der Waals surface area contributed by atoms with E-state index in [2.05, 4.69) is 5.32 Å². The zero-order chi connectivity index (χ0) is 10.2. The first-order valence-corrected chi connectivity index (χ1v) is 5.36. The molecule has 0 aromatic rings. The van der Waals surface area contributed by atoms with Crippen molar-refractivity contribution in [3.8, 4) is 0 Å². The Morgan fingerprint density at radius 3 is 2.38 bits per heavy atom. The van der Waals surface area contributed by atoms with Crippen LogP contribution in [0.5, 0.6) is 0 Å². The van der Waals surface area contributed by atoms with Crippen LogP contribution in [0.25, 0.3) is 0 Å². The van der Waals surface area contributed by atoms with Gasteiger partial charge in [0, 0.05) is 5.54 Å². The van der Waals surface area contributed by atoms with Gasteiger partial charge in [-0.15, -0.1) is 24.8 Å². The van der Waals surface area contributed by atoms with E-state index in [1.54, 1.807) is 0 Å². The molecule has 2 aliphatic heterocycles. The molecule has 0 amide bonds. The average molecular weight is 273 g/mol. The standard InChI is InChI=1S/C10H20N2O2.2ClH/c1-9(11)7-10(14-6-8(9)13)2-4-12-5-3-10;;/h8,12-13H,2-7,11H2,1H3;2*1H/t8-,9-;;/m0../s1. The number of halogens is 2. The third kappa shape index (κ3) is 3.22. The second-order valence-corrected chi connectivity index (χ2v) is 4.94. The number of ether oxygens (including phenoxy) is 1. The van der Waals surface area contributed by atoms with Crippen molar-refractivity contribution in [2.75, 3.05) is 19.7 Å². The normalized spacial score (nSPS) is 37.3. The van der Waals surface area contributed by atoms with Crippen molar-refractivity contribution in [2.24, 2.45) is 5.73 Å². The molecule has 6 heteroatoms. The highest BCUT2D eigenvalue weighted by molar-refractivity contribution is 5.85. The molecule has 2 saturated heterocycles. The molecule has 98 valence electrons. The van der Waals surface area contributed by atoms with E-state index in [4.69, 9.17) is 10.5 Å². The Kier molecular flexibility index (Phi) is 6.00. The third-order valence-corrected chi connectivity index (χ3v) is 3.53. The Hall–Kier alpha value is 0.420. The van der Waals surface area contributed by atoms with E-state index in [1.165, 1.54) is 0 Å². The monoisotopic (exact) mass is 272 g/mol. The minimum atomic E-state index is -0.525. The van der Waals surface area contributed by atoms with E-state index in [-0.39, 0.29) is 30.4 Å². The maximum Gasteiger partial charge on any atom is 0.0951 e. The van der Waals surface area contributed by atoms with E-state index >= 15 is 0 Å². The highest BCUT2D eigenvalue weighted by Crippen LogP contribution is 2.36. The van der Waals surface area contributed by atoms with Crippen LogP contribution in [0, 0.1) is 0 Å². The van der Waals surface area contributed by atoms with E-state index in [0.29, 0.717) is 6.61 Å². The molecular formula is C10H22Cl2N2O2. The highest BCUT2D eigenvalue weighted by atomic mass is 35.5. The predicted molar refractivity (Wildman–Crippen MR) is 68.5 cm³/mol. The zero-order valence-corrected chi connectivity index (χ0v) is 11.2. The largest absolute Gasteiger partial charge is 0.389 e. The van der Waals surface area contributed by atoms with Crippen molar-refractivity contribution in [2.45, 2.75) is 43.4 Å². The Bertz CT molecular complexity index is 221. The van der Waals surface area contributed by atoms with Crippen molar-refractivity contribution in [3.63, 3.8) is 0 Å². The fourth-order valence-corrected chi connectivity index (χ4v) is 2.51. The van der Waals surface area contributed by atoms with E-state index in [1.807, 2.05) is 6.92 Å². The summed E-state index contributed by atoms with van der Waals surface area (Å²) in [5.74, 6) is 0. The second kappa shape index (κ2) is 5.85. The first kappa shape index (κ1) is 16.4. The van der Waals surface area contributed by atoms with Crippen LogP contribution in [0.15, 0.2) is 0 Å². The van der Waals surface area contributed by atoms with Gasteiger partial charge in [-0.2, -0.15) is 0 Å².